The highest BCUT2D eigenvalue weighted by atomic mass is 16.5. The van der Waals surface area contributed by atoms with Crippen molar-refractivity contribution in [3.8, 4) is 0 Å². The van der Waals surface area contributed by atoms with Crippen LogP contribution in [0.25, 0.3) is 0 Å². The van der Waals surface area contributed by atoms with Crippen LogP contribution in [0.5, 0.6) is 0 Å². The lowest BCUT2D eigenvalue weighted by Crippen LogP contribution is -2.43. The molecule has 0 aliphatic carbocycles. The average Bonchev–Trinajstić information content (AvgIpc) is 2.91. The molecule has 1 heterocycles. The number of fused-ring (bicyclic) bond motifs is 1. The zero-order chi connectivity index (χ0) is 16.8. The van der Waals surface area contributed by atoms with Crippen LogP contribution in [0.1, 0.15) is 18.4 Å². The fraction of sp³-hybridized carbons (Fsp3) is 0.357. The quantitative estimate of drug-likeness (QED) is 0.349. The Morgan fingerprint density at radius 3 is 3.00 bits per heavy atom. The molecule has 0 saturated heterocycles. The van der Waals surface area contributed by atoms with Crippen molar-refractivity contribution in [2.24, 2.45) is 5.73 Å². The lowest BCUT2D eigenvalue weighted by atomic mass is 9.79. The Hall–Kier alpha value is -2.23. The van der Waals surface area contributed by atoms with E-state index in [9.17, 15) is 19.4 Å². The SMILES string of the molecule is NC(CCC=O)C(=O)NCC(=O)Nc1ccc2c(c1)B(O)OC2. The van der Waals surface area contributed by atoms with Gasteiger partial charge in [0.2, 0.25) is 11.8 Å². The van der Waals surface area contributed by atoms with Crippen LogP contribution in [0.3, 0.4) is 0 Å². The number of amides is 2. The van der Waals surface area contributed by atoms with Crippen LogP contribution >= 0.6 is 0 Å². The summed E-state index contributed by atoms with van der Waals surface area (Å²) in [7, 11) is -0.989. The normalized spacial score (nSPS) is 14.1. The van der Waals surface area contributed by atoms with Gasteiger partial charge in [0.25, 0.3) is 0 Å². The number of carbonyl (C=O) groups excluding carboxylic acids is 3. The Labute approximate surface area is 133 Å². The van der Waals surface area contributed by atoms with Gasteiger partial charge in [-0.15, -0.1) is 0 Å². The summed E-state index contributed by atoms with van der Waals surface area (Å²) in [6.07, 6.45) is 1.12. The maximum atomic E-state index is 11.8. The van der Waals surface area contributed by atoms with Gasteiger partial charge in [-0.1, -0.05) is 6.07 Å². The first-order valence-electron chi connectivity index (χ1n) is 7.20. The van der Waals surface area contributed by atoms with Crippen LogP contribution in [-0.2, 0) is 25.6 Å². The largest absolute Gasteiger partial charge is 0.491 e. The molecule has 0 spiro atoms. The van der Waals surface area contributed by atoms with Crippen molar-refractivity contribution in [1.29, 1.82) is 0 Å². The third-order valence-corrected chi connectivity index (χ3v) is 3.45. The predicted molar refractivity (Wildman–Crippen MR) is 83.8 cm³/mol. The van der Waals surface area contributed by atoms with Crippen LogP contribution in [0.2, 0.25) is 0 Å². The van der Waals surface area contributed by atoms with Gasteiger partial charge in [0, 0.05) is 12.1 Å². The minimum absolute atomic E-state index is 0.195. The van der Waals surface area contributed by atoms with Crippen LogP contribution < -0.4 is 21.8 Å². The predicted octanol–water partition coefficient (Wildman–Crippen LogP) is -1.73. The third-order valence-electron chi connectivity index (χ3n) is 3.45. The highest BCUT2D eigenvalue weighted by Crippen LogP contribution is 2.14. The summed E-state index contributed by atoms with van der Waals surface area (Å²) < 4.78 is 5.07. The minimum Gasteiger partial charge on any atom is -0.423 e. The number of benzene rings is 1. The first kappa shape index (κ1) is 17.1. The molecular weight excluding hydrogens is 301 g/mol. The topological polar surface area (TPSA) is 131 Å². The molecule has 1 atom stereocenters. The van der Waals surface area contributed by atoms with Crippen molar-refractivity contribution >= 4 is 36.4 Å². The van der Waals surface area contributed by atoms with Crippen LogP contribution in [-0.4, -0.2) is 42.8 Å². The summed E-state index contributed by atoms with van der Waals surface area (Å²) in [5.74, 6) is -0.908. The monoisotopic (exact) mass is 319 g/mol. The van der Waals surface area contributed by atoms with Crippen molar-refractivity contribution < 1.29 is 24.1 Å². The first-order valence-corrected chi connectivity index (χ1v) is 7.20. The molecule has 1 unspecified atom stereocenters. The fourth-order valence-corrected chi connectivity index (χ4v) is 2.17. The van der Waals surface area contributed by atoms with Crippen LogP contribution in [0.4, 0.5) is 5.69 Å². The second-order valence-electron chi connectivity index (χ2n) is 5.19. The fourth-order valence-electron chi connectivity index (χ4n) is 2.17. The van der Waals surface area contributed by atoms with E-state index < -0.39 is 25.0 Å². The molecule has 2 amide bonds. The van der Waals surface area contributed by atoms with Gasteiger partial charge in [-0.05, 0) is 29.6 Å². The number of hydrogen-bond donors (Lipinski definition) is 4. The number of nitrogens with two attached hydrogens (primary N) is 1. The number of aldehydes is 1. The first-order chi connectivity index (χ1) is 11.0. The zero-order valence-corrected chi connectivity index (χ0v) is 12.5. The summed E-state index contributed by atoms with van der Waals surface area (Å²) in [6.45, 7) is 0.100. The van der Waals surface area contributed by atoms with E-state index in [0.29, 0.717) is 24.0 Å². The Balaban J connectivity index is 1.82. The number of hydrogen-bond acceptors (Lipinski definition) is 6. The van der Waals surface area contributed by atoms with Gasteiger partial charge >= 0.3 is 7.12 Å². The molecule has 1 aliphatic rings. The van der Waals surface area contributed by atoms with E-state index in [2.05, 4.69) is 10.6 Å². The summed E-state index contributed by atoms with van der Waals surface area (Å²) in [4.78, 5) is 33.7. The summed E-state index contributed by atoms with van der Waals surface area (Å²) in [5, 5.41) is 14.6. The zero-order valence-electron chi connectivity index (χ0n) is 12.5. The van der Waals surface area contributed by atoms with Gasteiger partial charge in [-0.25, -0.2) is 0 Å². The summed E-state index contributed by atoms with van der Waals surface area (Å²) >= 11 is 0. The van der Waals surface area contributed by atoms with E-state index in [1.54, 1.807) is 18.2 Å². The average molecular weight is 319 g/mol. The standard InChI is InChI=1S/C14H18BN3O5/c16-12(2-1-5-19)14(21)17-7-13(20)18-10-4-3-9-8-23-15(22)11(9)6-10/h3-6,12,22H,1-2,7-8,16H2,(H,17,21)(H,18,20). The molecule has 0 saturated carbocycles. The van der Waals surface area contributed by atoms with Crippen LogP contribution in [0, 0.1) is 0 Å². The molecule has 1 aromatic rings. The lowest BCUT2D eigenvalue weighted by molar-refractivity contribution is -0.125. The highest BCUT2D eigenvalue weighted by molar-refractivity contribution is 6.61. The summed E-state index contributed by atoms with van der Waals surface area (Å²) in [5.41, 5.74) is 7.55. The van der Waals surface area contributed by atoms with E-state index in [4.69, 9.17) is 10.4 Å². The van der Waals surface area contributed by atoms with Gasteiger partial charge in [-0.3, -0.25) is 9.59 Å². The molecule has 0 aromatic heterocycles. The third kappa shape index (κ3) is 4.62. The van der Waals surface area contributed by atoms with Crippen LogP contribution in [0.15, 0.2) is 18.2 Å². The Kier molecular flexibility index (Phi) is 5.86. The van der Waals surface area contributed by atoms with Crippen molar-refractivity contribution in [3.63, 3.8) is 0 Å². The van der Waals surface area contributed by atoms with Crippen molar-refractivity contribution in [1.82, 2.24) is 5.32 Å². The van der Waals surface area contributed by atoms with E-state index in [1.165, 1.54) is 0 Å². The summed E-state index contributed by atoms with van der Waals surface area (Å²) in [6, 6.07) is 4.26. The molecule has 122 valence electrons. The second-order valence-corrected chi connectivity index (χ2v) is 5.19. The Morgan fingerprint density at radius 2 is 2.26 bits per heavy atom. The molecule has 0 radical (unpaired) electrons. The smallest absolute Gasteiger partial charge is 0.423 e. The van der Waals surface area contributed by atoms with Gasteiger partial charge in [-0.2, -0.15) is 0 Å². The molecule has 1 aliphatic heterocycles. The minimum atomic E-state index is -0.989. The number of carbonyl (C=O) groups is 3. The molecule has 8 nitrogen and oxygen atoms in total. The Bertz CT molecular complexity index is 610. The second kappa shape index (κ2) is 7.86. The molecule has 0 fully saturated rings. The molecule has 23 heavy (non-hydrogen) atoms. The Morgan fingerprint density at radius 1 is 1.48 bits per heavy atom. The number of rotatable bonds is 7. The van der Waals surface area contributed by atoms with E-state index in [1.807, 2.05) is 0 Å². The van der Waals surface area contributed by atoms with Crippen molar-refractivity contribution in [3.05, 3.63) is 23.8 Å². The lowest BCUT2D eigenvalue weighted by Gasteiger charge is -2.11. The van der Waals surface area contributed by atoms with Gasteiger partial charge in [0.15, 0.2) is 0 Å². The molecule has 5 N–H and O–H groups in total. The van der Waals surface area contributed by atoms with Gasteiger partial charge < -0.3 is 30.8 Å². The number of anilines is 1. The maximum absolute atomic E-state index is 11.8. The van der Waals surface area contributed by atoms with Gasteiger partial charge in [0.05, 0.1) is 19.2 Å². The van der Waals surface area contributed by atoms with Crippen molar-refractivity contribution in [2.75, 3.05) is 11.9 Å². The highest BCUT2D eigenvalue weighted by Gasteiger charge is 2.27. The molecule has 1 aromatic carbocycles. The molecule has 0 bridgehead atoms. The van der Waals surface area contributed by atoms with E-state index >= 15 is 0 Å². The molecule has 9 heteroatoms. The number of nitrogens with one attached hydrogen (secondary N) is 2. The van der Waals surface area contributed by atoms with Gasteiger partial charge in [0.1, 0.15) is 6.29 Å². The maximum Gasteiger partial charge on any atom is 0.491 e. The molecular formula is C14H18BN3O5. The van der Waals surface area contributed by atoms with E-state index in [-0.39, 0.29) is 19.4 Å². The van der Waals surface area contributed by atoms with E-state index in [0.717, 1.165) is 5.56 Å². The van der Waals surface area contributed by atoms with Crippen molar-refractivity contribution in [2.45, 2.75) is 25.5 Å². The molecule has 2 rings (SSSR count).